The molecule has 2 aliphatic rings. The lowest BCUT2D eigenvalue weighted by Gasteiger charge is -2.33. The van der Waals surface area contributed by atoms with Crippen molar-refractivity contribution in [2.75, 3.05) is 11.9 Å². The normalized spacial score (nSPS) is 18.5. The second kappa shape index (κ2) is 8.45. The molecule has 1 aromatic heterocycles. The number of nitrogens with zero attached hydrogens (tertiary/aromatic N) is 3. The molecule has 1 unspecified atom stereocenters. The van der Waals surface area contributed by atoms with Gasteiger partial charge in [-0.25, -0.2) is 9.59 Å². The monoisotopic (exact) mass is 478 g/mol. The van der Waals surface area contributed by atoms with Gasteiger partial charge in [0.1, 0.15) is 11.4 Å². The maximum atomic E-state index is 13.5. The van der Waals surface area contributed by atoms with Gasteiger partial charge in [-0.3, -0.25) is 9.69 Å². The van der Waals surface area contributed by atoms with Crippen molar-refractivity contribution in [1.82, 2.24) is 14.7 Å². The number of carbonyl (C=O) groups is 3. The van der Waals surface area contributed by atoms with Gasteiger partial charge in [0.2, 0.25) is 5.91 Å². The van der Waals surface area contributed by atoms with E-state index in [1.807, 2.05) is 34.6 Å². The van der Waals surface area contributed by atoms with Crippen LogP contribution in [-0.4, -0.2) is 53.1 Å². The fourth-order valence-electron chi connectivity index (χ4n) is 4.57. The zero-order valence-electron chi connectivity index (χ0n) is 21.4. The highest BCUT2D eigenvalue weighted by atomic mass is 28.3. The topological polar surface area (TPSA) is 103 Å². The summed E-state index contributed by atoms with van der Waals surface area (Å²) in [5.74, 6) is 0.591. The Bertz CT molecular complexity index is 953. The number of hydrogen-bond acceptors (Lipinski definition) is 6. The number of ether oxygens (including phenoxy) is 2. The first-order valence-electron chi connectivity index (χ1n) is 11.7. The maximum absolute atomic E-state index is 13.5. The first kappa shape index (κ1) is 25.3. The van der Waals surface area contributed by atoms with E-state index >= 15 is 0 Å². The van der Waals surface area contributed by atoms with Crippen LogP contribution in [0.15, 0.2) is 0 Å². The van der Waals surface area contributed by atoms with Crippen molar-refractivity contribution in [2.24, 2.45) is 5.92 Å². The van der Waals surface area contributed by atoms with Crippen LogP contribution in [0, 0.1) is 5.92 Å². The molecule has 9 nitrogen and oxygen atoms in total. The molecule has 2 amide bonds. The van der Waals surface area contributed by atoms with Crippen LogP contribution in [-0.2, 0) is 26.4 Å². The molecule has 1 aliphatic heterocycles. The molecule has 1 atom stereocenters. The van der Waals surface area contributed by atoms with E-state index in [0.29, 0.717) is 17.2 Å². The quantitative estimate of drug-likeness (QED) is 0.602. The molecule has 10 heteroatoms. The second-order valence-electron chi connectivity index (χ2n) is 11.6. The number of anilines is 1. The third-order valence-corrected chi connectivity index (χ3v) is 8.76. The number of aromatic nitrogens is 2. The number of carbonyl (C=O) groups excluding carboxylic acids is 3. The molecule has 1 N–H and O–H groups in total. The summed E-state index contributed by atoms with van der Waals surface area (Å²) in [6, 6.07) is 0. The molecule has 0 radical (unpaired) electrons. The molecular formula is C23H38N4O5Si. The summed E-state index contributed by atoms with van der Waals surface area (Å²) in [6.45, 7) is 17.8. The number of nitrogens with one attached hydrogen (secondary N) is 1. The van der Waals surface area contributed by atoms with Crippen LogP contribution in [0.4, 0.5) is 15.4 Å². The lowest BCUT2D eigenvalue weighted by molar-refractivity contribution is -0.116. The molecule has 33 heavy (non-hydrogen) atoms. The van der Waals surface area contributed by atoms with Crippen molar-refractivity contribution in [3.8, 4) is 0 Å². The molecule has 0 bridgehead atoms. The van der Waals surface area contributed by atoms with Crippen LogP contribution in [0.5, 0.6) is 0 Å². The van der Waals surface area contributed by atoms with Gasteiger partial charge < -0.3 is 14.8 Å². The van der Waals surface area contributed by atoms with Gasteiger partial charge in [0.25, 0.3) is 0 Å². The van der Waals surface area contributed by atoms with Crippen molar-refractivity contribution >= 4 is 32.0 Å². The van der Waals surface area contributed by atoms with Crippen LogP contribution < -0.4 is 5.32 Å². The van der Waals surface area contributed by atoms with E-state index in [-0.39, 0.29) is 30.4 Å². The second-order valence-corrected chi connectivity index (χ2v) is 16.9. The number of fused-ring (bicyclic) bond motifs is 1. The summed E-state index contributed by atoms with van der Waals surface area (Å²) in [6.07, 6.45) is 0.981. The third-order valence-electron chi connectivity index (χ3n) is 6.16. The largest absolute Gasteiger partial charge is 0.448 e. The summed E-state index contributed by atoms with van der Waals surface area (Å²) in [5, 5.41) is 7.54. The van der Waals surface area contributed by atoms with Crippen LogP contribution in [0.3, 0.4) is 0 Å². The van der Waals surface area contributed by atoms with E-state index in [1.165, 1.54) is 0 Å². The van der Waals surface area contributed by atoms with E-state index in [9.17, 15) is 14.4 Å². The summed E-state index contributed by atoms with van der Waals surface area (Å²) in [5.41, 5.74) is -0.354. The Morgan fingerprint density at radius 2 is 1.79 bits per heavy atom. The molecule has 1 aliphatic carbocycles. The number of rotatable bonds is 5. The Balaban J connectivity index is 2.00. The molecule has 1 aromatic rings. The number of amides is 2. The Hall–Kier alpha value is -2.36. The first-order chi connectivity index (χ1) is 15.1. The van der Waals surface area contributed by atoms with Crippen LogP contribution in [0.25, 0.3) is 0 Å². The minimum absolute atomic E-state index is 0.0601. The molecule has 0 spiro atoms. The Morgan fingerprint density at radius 3 is 2.27 bits per heavy atom. The molecule has 184 valence electrons. The van der Waals surface area contributed by atoms with Gasteiger partial charge in [-0.15, -0.1) is 4.68 Å². The minimum atomic E-state index is -1.80. The molecule has 1 fully saturated rings. The van der Waals surface area contributed by atoms with Crippen molar-refractivity contribution in [1.29, 1.82) is 0 Å². The molecule has 0 aromatic carbocycles. The number of hydrogen-bond donors (Lipinski definition) is 1. The standard InChI is InChI=1S/C23H38N4O5Si/c1-10-31-21(30)27-18(24-19(28)16(14-11-12-14)33(7,8)9)15-13-26(20(29)32-22(2,3)4)23(5,6)17(15)25-27/h14,16H,10-13H2,1-9H3,(H,24,28). The van der Waals surface area contributed by atoms with Crippen molar-refractivity contribution in [3.63, 3.8) is 0 Å². The van der Waals surface area contributed by atoms with E-state index < -0.39 is 31.4 Å². The summed E-state index contributed by atoms with van der Waals surface area (Å²) >= 11 is 0. The van der Waals surface area contributed by atoms with Gasteiger partial charge in [0.05, 0.1) is 32.5 Å². The highest BCUT2D eigenvalue weighted by molar-refractivity contribution is 6.80. The van der Waals surface area contributed by atoms with E-state index in [2.05, 4.69) is 30.1 Å². The zero-order chi connectivity index (χ0) is 24.9. The van der Waals surface area contributed by atoms with Gasteiger partial charge in [0.15, 0.2) is 0 Å². The predicted molar refractivity (Wildman–Crippen MR) is 128 cm³/mol. The van der Waals surface area contributed by atoms with Gasteiger partial charge in [-0.2, -0.15) is 5.10 Å². The minimum Gasteiger partial charge on any atom is -0.448 e. The fourth-order valence-corrected chi connectivity index (χ4v) is 7.17. The van der Waals surface area contributed by atoms with Crippen LogP contribution in [0.1, 0.15) is 65.6 Å². The average molecular weight is 479 g/mol. The van der Waals surface area contributed by atoms with Crippen molar-refractivity contribution in [2.45, 2.75) is 97.3 Å². The lowest BCUT2D eigenvalue weighted by Crippen LogP contribution is -2.44. The lowest BCUT2D eigenvalue weighted by atomic mass is 10.0. The van der Waals surface area contributed by atoms with Gasteiger partial charge >= 0.3 is 12.2 Å². The highest BCUT2D eigenvalue weighted by Gasteiger charge is 2.49. The molecule has 0 saturated heterocycles. The van der Waals surface area contributed by atoms with Gasteiger partial charge in [0, 0.05) is 11.1 Å². The Morgan fingerprint density at radius 1 is 1.18 bits per heavy atom. The highest BCUT2D eigenvalue weighted by Crippen LogP contribution is 2.47. The third kappa shape index (κ3) is 5.10. The molecule has 2 heterocycles. The smallest absolute Gasteiger partial charge is 0.436 e. The Kier molecular flexibility index (Phi) is 6.47. The summed E-state index contributed by atoms with van der Waals surface area (Å²) < 4.78 is 11.9. The predicted octanol–water partition coefficient (Wildman–Crippen LogP) is 4.93. The van der Waals surface area contributed by atoms with Crippen LogP contribution in [0.2, 0.25) is 25.2 Å². The maximum Gasteiger partial charge on any atom is 0.436 e. The average Bonchev–Trinajstić information content (AvgIpc) is 3.31. The van der Waals surface area contributed by atoms with E-state index in [0.717, 1.165) is 17.5 Å². The van der Waals surface area contributed by atoms with Crippen molar-refractivity contribution in [3.05, 3.63) is 11.3 Å². The van der Waals surface area contributed by atoms with Gasteiger partial charge in [-0.1, -0.05) is 19.6 Å². The van der Waals surface area contributed by atoms with E-state index in [4.69, 9.17) is 9.47 Å². The zero-order valence-corrected chi connectivity index (χ0v) is 22.4. The molecule has 3 rings (SSSR count). The van der Waals surface area contributed by atoms with E-state index in [1.54, 1.807) is 11.8 Å². The fraction of sp³-hybridized carbons (Fsp3) is 0.739. The summed E-state index contributed by atoms with van der Waals surface area (Å²) in [4.78, 5) is 40.7. The molecule has 1 saturated carbocycles. The van der Waals surface area contributed by atoms with Gasteiger partial charge in [-0.05, 0) is 60.3 Å². The van der Waals surface area contributed by atoms with Crippen LogP contribution >= 0.6 is 0 Å². The summed E-state index contributed by atoms with van der Waals surface area (Å²) in [7, 11) is -1.80. The van der Waals surface area contributed by atoms with Crippen molar-refractivity contribution < 1.29 is 23.9 Å². The Labute approximate surface area is 197 Å². The first-order valence-corrected chi connectivity index (χ1v) is 15.3. The molecular weight excluding hydrogens is 440 g/mol. The SMILES string of the molecule is CCOC(=O)n1nc2c(c1NC(=O)C(C1CC1)[Si](C)(C)C)CN(C(=O)OC(C)(C)C)C2(C)C.